The molecule has 0 aliphatic carbocycles. The van der Waals surface area contributed by atoms with Gasteiger partial charge in [0.05, 0.1) is 25.8 Å². The Balaban J connectivity index is 1.43. The van der Waals surface area contributed by atoms with Crippen LogP contribution in [0, 0.1) is 11.7 Å². The summed E-state index contributed by atoms with van der Waals surface area (Å²) in [6.07, 6.45) is 2.21. The fraction of sp³-hybridized carbons (Fsp3) is 0.357. The number of ether oxygens (including phenoxy) is 2. The molecule has 0 aliphatic rings. The van der Waals surface area contributed by atoms with Crippen LogP contribution in [0.1, 0.15) is 30.8 Å². The lowest BCUT2D eigenvalue weighted by molar-refractivity contribution is 0.102. The number of aliphatic hydroxyl groups excluding tert-OH is 1. The predicted octanol–water partition coefficient (Wildman–Crippen LogP) is 4.22. The van der Waals surface area contributed by atoms with Crippen LogP contribution in [0.5, 0.6) is 11.5 Å². The van der Waals surface area contributed by atoms with E-state index < -0.39 is 11.7 Å². The lowest BCUT2D eigenvalue weighted by Crippen LogP contribution is -2.32. The van der Waals surface area contributed by atoms with Gasteiger partial charge in [-0.1, -0.05) is 19.9 Å². The number of fused-ring (bicyclic) bond motifs is 1. The molecule has 0 atom stereocenters. The zero-order chi connectivity index (χ0) is 28.5. The Morgan fingerprint density at radius 2 is 2.00 bits per heavy atom. The Hall–Kier alpha value is -4.29. The van der Waals surface area contributed by atoms with Crippen LogP contribution < -0.4 is 20.1 Å². The normalized spacial score (nSPS) is 11.3. The van der Waals surface area contributed by atoms with Gasteiger partial charge in [-0.3, -0.25) is 9.89 Å². The summed E-state index contributed by atoms with van der Waals surface area (Å²) in [5.74, 6) is 1.51. The highest BCUT2D eigenvalue weighted by molar-refractivity contribution is 6.03. The first-order valence-corrected chi connectivity index (χ1v) is 13.0. The van der Waals surface area contributed by atoms with E-state index in [1.165, 1.54) is 30.6 Å². The van der Waals surface area contributed by atoms with E-state index in [1.54, 1.807) is 25.3 Å². The third-order valence-corrected chi connectivity index (χ3v) is 5.99. The number of nitrogens with zero attached hydrogens (tertiary/aromatic N) is 4. The molecule has 0 fully saturated rings. The minimum atomic E-state index is -0.467. The first-order chi connectivity index (χ1) is 19.4. The van der Waals surface area contributed by atoms with E-state index >= 15 is 0 Å². The van der Waals surface area contributed by atoms with Crippen molar-refractivity contribution in [3.63, 3.8) is 0 Å². The second-order valence-electron chi connectivity index (χ2n) is 9.62. The number of halogens is 1. The lowest BCUT2D eigenvalue weighted by atomic mass is 10.2. The summed E-state index contributed by atoms with van der Waals surface area (Å²) in [5, 5.41) is 22.5. The SMILES string of the molecule is COc1cc2c(Nc3cc(C(=O)Nc4cccc(F)c4)[nH]n3)ncnc2cc1OCCCN(CCO)CC(C)C. The molecular weight excluding hydrogens is 517 g/mol. The summed E-state index contributed by atoms with van der Waals surface area (Å²) >= 11 is 0. The molecule has 11 nitrogen and oxygen atoms in total. The highest BCUT2D eigenvalue weighted by Crippen LogP contribution is 2.34. The van der Waals surface area contributed by atoms with Crippen LogP contribution in [0.4, 0.5) is 21.7 Å². The zero-order valence-electron chi connectivity index (χ0n) is 22.8. The number of carbonyl (C=O) groups excluding carboxylic acids is 1. The molecule has 2 heterocycles. The second kappa shape index (κ2) is 13.7. The van der Waals surface area contributed by atoms with Gasteiger partial charge in [-0.15, -0.1) is 0 Å². The van der Waals surface area contributed by atoms with Crippen LogP contribution >= 0.6 is 0 Å². The van der Waals surface area contributed by atoms with E-state index in [0.717, 1.165) is 19.5 Å². The van der Waals surface area contributed by atoms with Gasteiger partial charge in [0.2, 0.25) is 0 Å². The maximum absolute atomic E-state index is 13.4. The molecular formula is C28H34FN7O4. The summed E-state index contributed by atoms with van der Waals surface area (Å²) in [5.41, 5.74) is 1.15. The summed E-state index contributed by atoms with van der Waals surface area (Å²) in [6.45, 7) is 7.29. The number of nitrogens with one attached hydrogen (secondary N) is 3. The number of anilines is 3. The summed E-state index contributed by atoms with van der Waals surface area (Å²) < 4.78 is 25.0. The molecule has 0 unspecified atom stereocenters. The Labute approximate surface area is 231 Å². The quantitative estimate of drug-likeness (QED) is 0.170. The molecule has 4 aromatic rings. The molecule has 0 spiro atoms. The largest absolute Gasteiger partial charge is 0.493 e. The number of hydrogen-bond acceptors (Lipinski definition) is 9. The van der Waals surface area contributed by atoms with Gasteiger partial charge in [-0.25, -0.2) is 14.4 Å². The van der Waals surface area contributed by atoms with Crippen molar-refractivity contribution in [2.24, 2.45) is 5.92 Å². The van der Waals surface area contributed by atoms with E-state index in [2.05, 4.69) is 49.5 Å². The molecule has 0 radical (unpaired) electrons. The number of rotatable bonds is 14. The van der Waals surface area contributed by atoms with Gasteiger partial charge in [0.15, 0.2) is 17.3 Å². The van der Waals surface area contributed by atoms with Crippen molar-refractivity contribution in [3.8, 4) is 11.5 Å². The minimum Gasteiger partial charge on any atom is -0.493 e. The number of aromatic amines is 1. The molecule has 40 heavy (non-hydrogen) atoms. The molecule has 4 N–H and O–H groups in total. The van der Waals surface area contributed by atoms with Gasteiger partial charge in [-0.2, -0.15) is 5.10 Å². The first-order valence-electron chi connectivity index (χ1n) is 13.0. The molecule has 1 amide bonds. The van der Waals surface area contributed by atoms with Gasteiger partial charge >= 0.3 is 0 Å². The zero-order valence-corrected chi connectivity index (χ0v) is 22.8. The van der Waals surface area contributed by atoms with Gasteiger partial charge < -0.3 is 30.1 Å². The lowest BCUT2D eigenvalue weighted by Gasteiger charge is -2.23. The van der Waals surface area contributed by atoms with Gasteiger partial charge in [-0.05, 0) is 36.6 Å². The number of amides is 1. The van der Waals surface area contributed by atoms with Crippen LogP contribution in [0.15, 0.2) is 48.8 Å². The van der Waals surface area contributed by atoms with E-state index in [9.17, 15) is 14.3 Å². The standard InChI is InChI=1S/C28H34FN7O4/c1-18(2)16-36(9-10-37)8-5-11-40-25-14-22-21(13-24(25)39-3)27(31-17-30-22)33-26-15-23(34-35-26)28(38)32-20-7-4-6-19(29)12-20/h4,6-7,12-15,17-18,37H,5,8-11,16H2,1-3H3,(H,32,38)(H2,30,31,33,34,35). The molecule has 4 rings (SSSR count). The molecule has 2 aromatic heterocycles. The third-order valence-electron chi connectivity index (χ3n) is 5.99. The number of aliphatic hydroxyl groups is 1. The highest BCUT2D eigenvalue weighted by atomic mass is 19.1. The molecule has 212 valence electrons. The van der Waals surface area contributed by atoms with Crippen LogP contribution in [-0.2, 0) is 0 Å². The summed E-state index contributed by atoms with van der Waals surface area (Å²) in [7, 11) is 1.56. The van der Waals surface area contributed by atoms with E-state index in [1.807, 2.05) is 0 Å². The van der Waals surface area contributed by atoms with Crippen molar-refractivity contribution in [2.45, 2.75) is 20.3 Å². The predicted molar refractivity (Wildman–Crippen MR) is 151 cm³/mol. The second-order valence-corrected chi connectivity index (χ2v) is 9.62. The van der Waals surface area contributed by atoms with Crippen molar-refractivity contribution < 1.29 is 23.8 Å². The topological polar surface area (TPSA) is 138 Å². The monoisotopic (exact) mass is 551 g/mol. The maximum atomic E-state index is 13.4. The Morgan fingerprint density at radius 3 is 2.75 bits per heavy atom. The van der Waals surface area contributed by atoms with Crippen molar-refractivity contribution in [1.82, 2.24) is 25.1 Å². The van der Waals surface area contributed by atoms with Crippen molar-refractivity contribution in [1.29, 1.82) is 0 Å². The minimum absolute atomic E-state index is 0.129. The molecule has 0 saturated heterocycles. The van der Waals surface area contributed by atoms with Crippen LogP contribution in [0.2, 0.25) is 0 Å². The summed E-state index contributed by atoms with van der Waals surface area (Å²) in [4.78, 5) is 23.5. The number of H-pyrrole nitrogens is 1. The average Bonchev–Trinajstić information content (AvgIpc) is 3.39. The fourth-order valence-corrected chi connectivity index (χ4v) is 4.25. The molecule has 2 aromatic carbocycles. The Morgan fingerprint density at radius 1 is 1.15 bits per heavy atom. The molecule has 0 saturated carbocycles. The van der Waals surface area contributed by atoms with Gasteiger partial charge in [0, 0.05) is 42.8 Å². The Kier molecular flexibility index (Phi) is 9.81. The maximum Gasteiger partial charge on any atom is 0.273 e. The fourth-order valence-electron chi connectivity index (χ4n) is 4.25. The molecule has 12 heteroatoms. The number of hydrogen-bond donors (Lipinski definition) is 4. The van der Waals surface area contributed by atoms with Crippen LogP contribution in [0.25, 0.3) is 10.9 Å². The van der Waals surface area contributed by atoms with Crippen molar-refractivity contribution >= 4 is 34.1 Å². The number of aromatic nitrogens is 4. The van der Waals surface area contributed by atoms with Gasteiger partial charge in [0.25, 0.3) is 5.91 Å². The average molecular weight is 552 g/mol. The van der Waals surface area contributed by atoms with Crippen LogP contribution in [0.3, 0.4) is 0 Å². The number of carbonyl (C=O) groups is 1. The van der Waals surface area contributed by atoms with E-state index in [-0.39, 0.29) is 12.3 Å². The van der Waals surface area contributed by atoms with Crippen molar-refractivity contribution in [3.05, 3.63) is 60.3 Å². The molecule has 0 bridgehead atoms. The first kappa shape index (κ1) is 28.7. The number of benzene rings is 2. The van der Waals surface area contributed by atoms with Crippen molar-refractivity contribution in [2.75, 3.05) is 50.6 Å². The third kappa shape index (κ3) is 7.64. The van der Waals surface area contributed by atoms with Gasteiger partial charge in [0.1, 0.15) is 23.7 Å². The van der Waals surface area contributed by atoms with Crippen LogP contribution in [-0.4, -0.2) is 76.0 Å². The van der Waals surface area contributed by atoms with E-state index in [4.69, 9.17) is 9.47 Å². The molecule has 0 aliphatic heterocycles. The van der Waals surface area contributed by atoms with E-state index in [0.29, 0.717) is 58.8 Å². The number of methoxy groups -OCH3 is 1. The summed E-state index contributed by atoms with van der Waals surface area (Å²) in [6, 6.07) is 10.7. The highest BCUT2D eigenvalue weighted by Gasteiger charge is 2.15. The Bertz CT molecular complexity index is 1430. The smallest absolute Gasteiger partial charge is 0.273 e.